The van der Waals surface area contributed by atoms with Gasteiger partial charge in [-0.25, -0.2) is 4.98 Å². The highest BCUT2D eigenvalue weighted by atomic mass is 16.2. The Kier molecular flexibility index (Phi) is 5.89. The summed E-state index contributed by atoms with van der Waals surface area (Å²) in [5.41, 5.74) is 2.21. The second-order valence-electron chi connectivity index (χ2n) is 7.08. The largest absolute Gasteiger partial charge is 0.340 e. The van der Waals surface area contributed by atoms with Gasteiger partial charge in [-0.2, -0.15) is 5.10 Å². The number of rotatable bonds is 7. The van der Waals surface area contributed by atoms with Crippen LogP contribution in [0.25, 0.3) is 0 Å². The van der Waals surface area contributed by atoms with Gasteiger partial charge in [0.1, 0.15) is 0 Å². The average molecular weight is 343 g/mol. The number of piperidine rings is 1. The lowest BCUT2D eigenvalue weighted by Gasteiger charge is -2.36. The molecule has 0 saturated carbocycles. The molecule has 1 atom stereocenters. The van der Waals surface area contributed by atoms with Gasteiger partial charge in [0.25, 0.3) is 0 Å². The van der Waals surface area contributed by atoms with E-state index < -0.39 is 0 Å². The minimum Gasteiger partial charge on any atom is -0.340 e. The van der Waals surface area contributed by atoms with Gasteiger partial charge in [0, 0.05) is 50.2 Å². The summed E-state index contributed by atoms with van der Waals surface area (Å²) < 4.78 is 4.11. The van der Waals surface area contributed by atoms with E-state index in [4.69, 9.17) is 0 Å². The topological polar surface area (TPSA) is 56.0 Å². The summed E-state index contributed by atoms with van der Waals surface area (Å²) in [4.78, 5) is 18.9. The van der Waals surface area contributed by atoms with Crippen molar-refractivity contribution in [1.29, 1.82) is 0 Å². The molecule has 6 heteroatoms. The smallest absolute Gasteiger partial charge is 0.222 e. The van der Waals surface area contributed by atoms with Crippen molar-refractivity contribution in [1.82, 2.24) is 24.2 Å². The van der Waals surface area contributed by atoms with Gasteiger partial charge in [-0.1, -0.05) is 0 Å². The molecule has 0 spiro atoms. The molecule has 3 heterocycles. The number of carbonyl (C=O) groups excluding carboxylic acids is 1. The fraction of sp³-hybridized carbons (Fsp3) is 0.632. The molecule has 1 amide bonds. The molecule has 0 unspecified atom stereocenters. The molecule has 0 N–H and O–H groups in total. The summed E-state index contributed by atoms with van der Waals surface area (Å²) in [6.45, 7) is 6.73. The molecule has 1 saturated heterocycles. The van der Waals surface area contributed by atoms with Gasteiger partial charge in [0.2, 0.25) is 5.91 Å². The molecular formula is C19H29N5O. The summed E-state index contributed by atoms with van der Waals surface area (Å²) in [6.07, 6.45) is 11.6. The van der Waals surface area contributed by atoms with E-state index in [1.807, 2.05) is 30.3 Å². The van der Waals surface area contributed by atoms with Crippen molar-refractivity contribution in [3.8, 4) is 0 Å². The molecule has 1 aliphatic heterocycles. The molecule has 3 rings (SSSR count). The molecule has 25 heavy (non-hydrogen) atoms. The molecule has 0 bridgehead atoms. The second kappa shape index (κ2) is 8.32. The lowest BCUT2D eigenvalue weighted by atomic mass is 9.98. The monoisotopic (exact) mass is 343 g/mol. The van der Waals surface area contributed by atoms with Crippen LogP contribution >= 0.6 is 0 Å². The highest BCUT2D eigenvalue weighted by molar-refractivity contribution is 5.76. The van der Waals surface area contributed by atoms with Crippen LogP contribution in [0.15, 0.2) is 24.8 Å². The maximum absolute atomic E-state index is 12.7. The highest BCUT2D eigenvalue weighted by Crippen LogP contribution is 2.21. The Morgan fingerprint density at radius 3 is 2.88 bits per heavy atom. The van der Waals surface area contributed by atoms with E-state index in [9.17, 15) is 4.79 Å². The standard InChI is InChI=1S/C19H29N5O/c1-16-14-17(2)24(21-16)11-5-7-19(25)23-10-4-3-6-18(23)8-12-22-13-9-20-15-22/h9,13-15,18H,3-8,10-12H2,1-2H3/t18-/m1/s1. The van der Waals surface area contributed by atoms with Crippen LogP contribution in [0.2, 0.25) is 0 Å². The Hall–Kier alpha value is -2.11. The first-order valence-electron chi connectivity index (χ1n) is 9.40. The van der Waals surface area contributed by atoms with Crippen LogP contribution in [0.1, 0.15) is 49.9 Å². The molecule has 1 aliphatic rings. The first-order valence-corrected chi connectivity index (χ1v) is 9.40. The fourth-order valence-electron chi connectivity index (χ4n) is 3.77. The normalized spacial score (nSPS) is 17.8. The van der Waals surface area contributed by atoms with E-state index in [2.05, 4.69) is 32.5 Å². The highest BCUT2D eigenvalue weighted by Gasteiger charge is 2.26. The van der Waals surface area contributed by atoms with E-state index in [0.717, 1.165) is 51.0 Å². The summed E-state index contributed by atoms with van der Waals surface area (Å²) in [5.74, 6) is 0.303. The number of likely N-dealkylation sites (tertiary alicyclic amines) is 1. The number of imidazole rings is 1. The van der Waals surface area contributed by atoms with E-state index >= 15 is 0 Å². The molecule has 0 radical (unpaired) electrons. The zero-order valence-electron chi connectivity index (χ0n) is 15.4. The van der Waals surface area contributed by atoms with E-state index in [0.29, 0.717) is 18.4 Å². The number of aromatic nitrogens is 4. The van der Waals surface area contributed by atoms with Crippen molar-refractivity contribution in [2.45, 2.75) is 71.5 Å². The lowest BCUT2D eigenvalue weighted by Crippen LogP contribution is -2.44. The summed E-state index contributed by atoms with van der Waals surface area (Å²) in [6, 6.07) is 2.45. The van der Waals surface area contributed by atoms with Gasteiger partial charge < -0.3 is 9.47 Å². The summed E-state index contributed by atoms with van der Waals surface area (Å²) in [5, 5.41) is 4.48. The van der Waals surface area contributed by atoms with Gasteiger partial charge in [0.15, 0.2) is 0 Å². The fourth-order valence-corrected chi connectivity index (χ4v) is 3.77. The predicted octanol–water partition coefficient (Wildman–Crippen LogP) is 2.95. The van der Waals surface area contributed by atoms with E-state index in [1.54, 1.807) is 0 Å². The Balaban J connectivity index is 1.49. The summed E-state index contributed by atoms with van der Waals surface area (Å²) >= 11 is 0. The Bertz CT molecular complexity index is 676. The zero-order valence-corrected chi connectivity index (χ0v) is 15.4. The van der Waals surface area contributed by atoms with Gasteiger partial charge >= 0.3 is 0 Å². The minimum absolute atomic E-state index is 0.303. The molecule has 6 nitrogen and oxygen atoms in total. The van der Waals surface area contributed by atoms with Crippen molar-refractivity contribution < 1.29 is 4.79 Å². The van der Waals surface area contributed by atoms with E-state index in [-0.39, 0.29) is 0 Å². The first-order chi connectivity index (χ1) is 12.1. The van der Waals surface area contributed by atoms with Crippen molar-refractivity contribution in [3.63, 3.8) is 0 Å². The van der Waals surface area contributed by atoms with Crippen molar-refractivity contribution >= 4 is 5.91 Å². The quantitative estimate of drug-likeness (QED) is 0.777. The molecule has 2 aromatic rings. The molecule has 2 aromatic heterocycles. The van der Waals surface area contributed by atoms with Crippen molar-refractivity contribution in [2.24, 2.45) is 0 Å². The zero-order chi connectivity index (χ0) is 17.6. The molecule has 1 fully saturated rings. The number of hydrogen-bond donors (Lipinski definition) is 0. The molecule has 0 aromatic carbocycles. The van der Waals surface area contributed by atoms with Gasteiger partial charge in [-0.05, 0) is 52.0 Å². The summed E-state index contributed by atoms with van der Waals surface area (Å²) in [7, 11) is 0. The SMILES string of the molecule is Cc1cc(C)n(CCCC(=O)N2CCCC[C@@H]2CCn2ccnc2)n1. The van der Waals surface area contributed by atoms with Gasteiger partial charge in [-0.15, -0.1) is 0 Å². The van der Waals surface area contributed by atoms with Crippen LogP contribution in [-0.4, -0.2) is 42.7 Å². The van der Waals surface area contributed by atoms with Crippen LogP contribution in [-0.2, 0) is 17.9 Å². The number of carbonyl (C=O) groups is 1. The van der Waals surface area contributed by atoms with Crippen LogP contribution in [0.5, 0.6) is 0 Å². The maximum atomic E-state index is 12.7. The third-order valence-electron chi connectivity index (χ3n) is 5.09. The number of hydrogen-bond acceptors (Lipinski definition) is 3. The van der Waals surface area contributed by atoms with Crippen LogP contribution in [0.4, 0.5) is 0 Å². The second-order valence-corrected chi connectivity index (χ2v) is 7.08. The van der Waals surface area contributed by atoms with Crippen molar-refractivity contribution in [2.75, 3.05) is 6.54 Å². The lowest BCUT2D eigenvalue weighted by molar-refractivity contribution is -0.135. The predicted molar refractivity (Wildman–Crippen MR) is 97.1 cm³/mol. The molecular weight excluding hydrogens is 314 g/mol. The Labute approximate surface area is 149 Å². The van der Waals surface area contributed by atoms with Crippen LogP contribution in [0, 0.1) is 13.8 Å². The Morgan fingerprint density at radius 1 is 1.28 bits per heavy atom. The maximum Gasteiger partial charge on any atom is 0.222 e. The Morgan fingerprint density at radius 2 is 2.16 bits per heavy atom. The third kappa shape index (κ3) is 4.71. The minimum atomic E-state index is 0.303. The number of aryl methyl sites for hydroxylation is 4. The van der Waals surface area contributed by atoms with Crippen LogP contribution in [0.3, 0.4) is 0 Å². The van der Waals surface area contributed by atoms with Gasteiger partial charge in [-0.3, -0.25) is 9.48 Å². The van der Waals surface area contributed by atoms with E-state index in [1.165, 1.54) is 12.1 Å². The van der Waals surface area contributed by atoms with Gasteiger partial charge in [0.05, 0.1) is 12.0 Å². The van der Waals surface area contributed by atoms with Crippen molar-refractivity contribution in [3.05, 3.63) is 36.2 Å². The van der Waals surface area contributed by atoms with Crippen LogP contribution < -0.4 is 0 Å². The first kappa shape index (κ1) is 17.7. The molecule has 136 valence electrons. The number of nitrogens with zero attached hydrogens (tertiary/aromatic N) is 5. The average Bonchev–Trinajstić information content (AvgIpc) is 3.23. The molecule has 0 aliphatic carbocycles. The number of amides is 1. The third-order valence-corrected chi connectivity index (χ3v) is 5.09.